The quantitative estimate of drug-likeness (QED) is 0.422. The second kappa shape index (κ2) is 11.9. The molecule has 2 aromatic rings. The van der Waals surface area contributed by atoms with Gasteiger partial charge in [0, 0.05) is 44.4 Å². The molecule has 1 aliphatic heterocycles. The highest BCUT2D eigenvalue weighted by Crippen LogP contribution is 2.44. The number of para-hydroxylation sites is 1. The van der Waals surface area contributed by atoms with E-state index >= 15 is 0 Å². The number of ether oxygens (including phenoxy) is 3. The molecule has 192 valence electrons. The van der Waals surface area contributed by atoms with Crippen LogP contribution in [0.1, 0.15) is 58.4 Å². The van der Waals surface area contributed by atoms with Crippen LogP contribution in [0, 0.1) is 11.7 Å². The lowest BCUT2D eigenvalue weighted by Crippen LogP contribution is -2.49. The van der Waals surface area contributed by atoms with Gasteiger partial charge in [-0.1, -0.05) is 24.3 Å². The Morgan fingerprint density at radius 2 is 1.91 bits per heavy atom. The van der Waals surface area contributed by atoms with Gasteiger partial charge < -0.3 is 24.2 Å². The third-order valence-corrected chi connectivity index (χ3v) is 6.28. The van der Waals surface area contributed by atoms with Gasteiger partial charge in [-0.05, 0) is 71.1 Å². The molecule has 1 saturated heterocycles. The van der Waals surface area contributed by atoms with E-state index < -0.39 is 17.0 Å². The number of piperidine rings is 1. The maximum absolute atomic E-state index is 13.8. The fraction of sp³-hybridized carbons (Fsp3) is 0.536. The fourth-order valence-electron chi connectivity index (χ4n) is 4.63. The molecule has 1 amide bonds. The first-order valence-corrected chi connectivity index (χ1v) is 12.3. The number of nitrogens with zero attached hydrogens (tertiary/aromatic N) is 1. The zero-order valence-electron chi connectivity index (χ0n) is 21.3. The molecule has 2 atom stereocenters. The van der Waals surface area contributed by atoms with Gasteiger partial charge in [-0.2, -0.15) is 0 Å². The molecule has 1 fully saturated rings. The number of hydrogen-bond donors (Lipinski definition) is 1. The van der Waals surface area contributed by atoms with E-state index in [1.807, 2.05) is 39.0 Å². The molecule has 0 spiro atoms. The van der Waals surface area contributed by atoms with Crippen molar-refractivity contribution in [3.8, 4) is 11.5 Å². The normalized spacial score (nSPS) is 18.1. The molecule has 2 unspecified atom stereocenters. The average Bonchev–Trinajstić information content (AvgIpc) is 2.81. The first-order valence-electron chi connectivity index (χ1n) is 12.3. The van der Waals surface area contributed by atoms with Crippen molar-refractivity contribution in [1.29, 1.82) is 0 Å². The second-order valence-electron chi connectivity index (χ2n) is 10.2. The molecule has 1 N–H and O–H groups in total. The first-order chi connectivity index (χ1) is 16.6. The lowest BCUT2D eigenvalue weighted by molar-refractivity contribution is -0.0651. The van der Waals surface area contributed by atoms with Crippen LogP contribution in [0.2, 0.25) is 0 Å². The third-order valence-electron chi connectivity index (χ3n) is 6.28. The highest BCUT2D eigenvalue weighted by molar-refractivity contribution is 5.68. The van der Waals surface area contributed by atoms with Gasteiger partial charge in [0.05, 0.1) is 5.60 Å². The number of likely N-dealkylation sites (tertiary alicyclic amines) is 1. The Hall–Kier alpha value is -2.64. The third kappa shape index (κ3) is 7.42. The Morgan fingerprint density at radius 3 is 2.63 bits per heavy atom. The standard InChI is InChI=1S/C28H38FNO5/c1-27(2,3)35-26(31)30-17-10-11-21(20-30)28(32,16-7-8-18-33-4)24-14-5-6-15-25(24)34-23-13-9-12-22(29)19-23/h5-6,9,12-15,19,21,32H,7-8,10-11,16-18,20H2,1-4H3. The Balaban J connectivity index is 1.91. The van der Waals surface area contributed by atoms with Crippen LogP contribution in [0.25, 0.3) is 0 Å². The van der Waals surface area contributed by atoms with Crippen LogP contribution in [-0.4, -0.2) is 48.5 Å². The van der Waals surface area contributed by atoms with Crippen LogP contribution in [0.5, 0.6) is 11.5 Å². The summed E-state index contributed by atoms with van der Waals surface area (Å²) >= 11 is 0. The Morgan fingerprint density at radius 1 is 1.14 bits per heavy atom. The summed E-state index contributed by atoms with van der Waals surface area (Å²) in [6.45, 7) is 7.11. The lowest BCUT2D eigenvalue weighted by atomic mass is 9.73. The summed E-state index contributed by atoms with van der Waals surface area (Å²) in [5.74, 6) is 0.221. The summed E-state index contributed by atoms with van der Waals surface area (Å²) in [5.41, 5.74) is -1.21. The summed E-state index contributed by atoms with van der Waals surface area (Å²) in [4.78, 5) is 14.5. The highest BCUT2D eigenvalue weighted by atomic mass is 19.1. The number of methoxy groups -OCH3 is 1. The van der Waals surface area contributed by atoms with Gasteiger partial charge in [-0.3, -0.25) is 0 Å². The predicted octanol–water partition coefficient (Wildman–Crippen LogP) is 6.27. The minimum Gasteiger partial charge on any atom is -0.457 e. The summed E-state index contributed by atoms with van der Waals surface area (Å²) in [6.07, 6.45) is 3.17. The van der Waals surface area contributed by atoms with Crippen molar-refractivity contribution in [3.63, 3.8) is 0 Å². The van der Waals surface area contributed by atoms with Gasteiger partial charge in [0.15, 0.2) is 0 Å². The van der Waals surface area contributed by atoms with Crippen LogP contribution in [0.3, 0.4) is 0 Å². The van der Waals surface area contributed by atoms with Gasteiger partial charge in [0.2, 0.25) is 0 Å². The zero-order chi connectivity index (χ0) is 25.5. The topological polar surface area (TPSA) is 68.2 Å². The molecule has 35 heavy (non-hydrogen) atoms. The van der Waals surface area contributed by atoms with Crippen LogP contribution < -0.4 is 4.74 Å². The first kappa shape index (κ1) is 27.0. The van der Waals surface area contributed by atoms with Crippen molar-refractivity contribution < 1.29 is 28.5 Å². The summed E-state index contributed by atoms with van der Waals surface area (Å²) < 4.78 is 30.6. The number of carbonyl (C=O) groups excluding carboxylic acids is 1. The van der Waals surface area contributed by atoms with Crippen molar-refractivity contribution in [2.45, 2.75) is 64.1 Å². The van der Waals surface area contributed by atoms with Crippen LogP contribution in [0.4, 0.5) is 9.18 Å². The smallest absolute Gasteiger partial charge is 0.410 e. The maximum atomic E-state index is 13.8. The number of halogens is 1. The van der Waals surface area contributed by atoms with E-state index in [0.29, 0.717) is 43.2 Å². The molecule has 0 aliphatic carbocycles. The number of carbonyl (C=O) groups is 1. The van der Waals surface area contributed by atoms with E-state index in [1.165, 1.54) is 12.1 Å². The maximum Gasteiger partial charge on any atom is 0.410 e. The van der Waals surface area contributed by atoms with Crippen molar-refractivity contribution in [2.24, 2.45) is 5.92 Å². The van der Waals surface area contributed by atoms with Gasteiger partial charge in [-0.25, -0.2) is 9.18 Å². The summed E-state index contributed by atoms with van der Waals surface area (Å²) in [5, 5.41) is 12.3. The summed E-state index contributed by atoms with van der Waals surface area (Å²) in [7, 11) is 1.66. The molecule has 6 nitrogen and oxygen atoms in total. The number of hydrogen-bond acceptors (Lipinski definition) is 5. The summed E-state index contributed by atoms with van der Waals surface area (Å²) in [6, 6.07) is 13.3. The van der Waals surface area contributed by atoms with E-state index in [2.05, 4.69) is 0 Å². The van der Waals surface area contributed by atoms with Gasteiger partial charge in [0.25, 0.3) is 0 Å². The number of benzene rings is 2. The molecule has 0 bridgehead atoms. The molecule has 7 heteroatoms. The second-order valence-corrected chi connectivity index (χ2v) is 10.2. The lowest BCUT2D eigenvalue weighted by Gasteiger charge is -2.43. The fourth-order valence-corrected chi connectivity index (χ4v) is 4.63. The highest BCUT2D eigenvalue weighted by Gasteiger charge is 2.43. The SMILES string of the molecule is COCCCCC(O)(c1ccccc1Oc1cccc(F)c1)C1CCCN(C(=O)OC(C)(C)C)C1. The van der Waals surface area contributed by atoms with Crippen LogP contribution >= 0.6 is 0 Å². The molecule has 2 aromatic carbocycles. The zero-order valence-corrected chi connectivity index (χ0v) is 21.3. The molecule has 1 heterocycles. The number of amides is 1. The number of unbranched alkanes of at least 4 members (excludes halogenated alkanes) is 1. The predicted molar refractivity (Wildman–Crippen MR) is 133 cm³/mol. The largest absolute Gasteiger partial charge is 0.457 e. The Labute approximate surface area is 208 Å². The van der Waals surface area contributed by atoms with Crippen molar-refractivity contribution >= 4 is 6.09 Å². The van der Waals surface area contributed by atoms with Crippen molar-refractivity contribution in [2.75, 3.05) is 26.8 Å². The minimum atomic E-state index is -1.25. The van der Waals surface area contributed by atoms with E-state index in [4.69, 9.17) is 14.2 Å². The number of rotatable bonds is 9. The molecule has 0 saturated carbocycles. The van der Waals surface area contributed by atoms with Crippen molar-refractivity contribution in [3.05, 3.63) is 59.9 Å². The van der Waals surface area contributed by atoms with E-state index in [0.717, 1.165) is 25.7 Å². The van der Waals surface area contributed by atoms with E-state index in [1.54, 1.807) is 30.2 Å². The molecular weight excluding hydrogens is 449 g/mol. The van der Waals surface area contributed by atoms with Gasteiger partial charge >= 0.3 is 6.09 Å². The molecular formula is C28H38FNO5. The Kier molecular flexibility index (Phi) is 9.14. The van der Waals surface area contributed by atoms with E-state index in [-0.39, 0.29) is 12.0 Å². The number of aliphatic hydroxyl groups is 1. The molecule has 0 aromatic heterocycles. The van der Waals surface area contributed by atoms with Crippen LogP contribution in [0.15, 0.2) is 48.5 Å². The molecule has 3 rings (SSSR count). The monoisotopic (exact) mass is 487 g/mol. The minimum absolute atomic E-state index is 0.219. The van der Waals surface area contributed by atoms with E-state index in [9.17, 15) is 14.3 Å². The van der Waals surface area contributed by atoms with Gasteiger partial charge in [-0.15, -0.1) is 0 Å². The van der Waals surface area contributed by atoms with Crippen molar-refractivity contribution in [1.82, 2.24) is 4.90 Å². The van der Waals surface area contributed by atoms with Crippen LogP contribution in [-0.2, 0) is 15.1 Å². The van der Waals surface area contributed by atoms with Gasteiger partial charge in [0.1, 0.15) is 22.9 Å². The molecule has 1 aliphatic rings. The molecule has 0 radical (unpaired) electrons. The Bertz CT molecular complexity index is 976. The average molecular weight is 488 g/mol.